The minimum absolute atomic E-state index is 0. The number of hydrogen-bond acceptors (Lipinski definition) is 0. The molecule has 0 fully saturated rings. The van der Waals surface area contributed by atoms with Crippen LogP contribution < -0.4 is 5.19 Å². The van der Waals surface area contributed by atoms with Crippen LogP contribution in [0.25, 0.3) is 16.0 Å². The Morgan fingerprint density at radius 1 is 0.444 bits per heavy atom. The van der Waals surface area contributed by atoms with E-state index in [1.165, 1.54) is 12.1 Å². The normalized spacial score (nSPS) is 12.8. The van der Waals surface area contributed by atoms with Gasteiger partial charge in [0.15, 0.2) is 0 Å². The van der Waals surface area contributed by atoms with Gasteiger partial charge < -0.3 is 16.0 Å². The Hall–Kier alpha value is 0.190. The van der Waals surface area contributed by atoms with Crippen molar-refractivity contribution in [1.82, 2.24) is 0 Å². The monoisotopic (exact) mass is 605 g/mol. The molecule has 0 saturated heterocycles. The van der Waals surface area contributed by atoms with E-state index in [4.69, 9.17) is 0 Å². The standard InChI is InChI=1S/3C8H18N.C5H5F2Si.Zr/c3*1-7(2,3)9-8(4,5)6;6-8(7)5-3-1-2-4-5;/h3*1-6H3;1-4,8H;/q4*-1;+4. The largest absolute Gasteiger partial charge is 4.00 e. The van der Waals surface area contributed by atoms with Gasteiger partial charge in [-0.3, -0.25) is 8.22 Å². The first-order chi connectivity index (χ1) is 14.9. The molecule has 0 N–H and O–H groups in total. The van der Waals surface area contributed by atoms with E-state index in [1.807, 2.05) is 0 Å². The Morgan fingerprint density at radius 3 is 0.667 bits per heavy atom. The van der Waals surface area contributed by atoms with Gasteiger partial charge in [0.2, 0.25) is 0 Å². The fourth-order valence-electron chi connectivity index (χ4n) is 3.55. The van der Waals surface area contributed by atoms with Crippen molar-refractivity contribution in [3.8, 4) is 0 Å². The number of halogens is 2. The second-order valence-electron chi connectivity index (χ2n) is 14.9. The summed E-state index contributed by atoms with van der Waals surface area (Å²) in [7, 11) is -3.48. The molecule has 0 aromatic heterocycles. The average molecular weight is 607 g/mol. The molecule has 7 heteroatoms. The second-order valence-corrected chi connectivity index (χ2v) is 16.1. The van der Waals surface area contributed by atoms with Crippen molar-refractivity contribution in [3.63, 3.8) is 0 Å². The number of nitrogens with zero attached hydrogens (tertiary/aromatic N) is 3. The Kier molecular flexibility index (Phi) is 20.4. The average Bonchev–Trinajstić information content (AvgIpc) is 2.89. The summed E-state index contributed by atoms with van der Waals surface area (Å²) in [4.78, 5) is 0. The fourth-order valence-corrected chi connectivity index (χ4v) is 4.07. The van der Waals surface area contributed by atoms with E-state index in [2.05, 4.69) is 141 Å². The van der Waals surface area contributed by atoms with Crippen LogP contribution >= 0.6 is 0 Å². The molecule has 36 heavy (non-hydrogen) atoms. The summed E-state index contributed by atoms with van der Waals surface area (Å²) in [5.74, 6) is 0. The van der Waals surface area contributed by atoms with Crippen molar-refractivity contribution < 1.29 is 34.4 Å². The molecule has 0 aliphatic heterocycles. The van der Waals surface area contributed by atoms with Gasteiger partial charge in [-0.2, -0.15) is 12.1 Å². The van der Waals surface area contributed by atoms with Crippen LogP contribution in [0, 0.1) is 0 Å². The van der Waals surface area contributed by atoms with Crippen molar-refractivity contribution in [3.05, 3.63) is 40.2 Å². The third-order valence-electron chi connectivity index (χ3n) is 2.95. The predicted molar refractivity (Wildman–Crippen MR) is 160 cm³/mol. The zero-order chi connectivity index (χ0) is 29.1. The van der Waals surface area contributed by atoms with Crippen LogP contribution in [-0.4, -0.2) is 42.7 Å². The molecule has 0 radical (unpaired) electrons. The van der Waals surface area contributed by atoms with Gasteiger partial charge >= 0.3 is 35.7 Å². The SMILES string of the molecule is CC(C)(C)[N-]C(C)(C)C.CC(C)(C)[N-]C(C)(C)C.CC(C)(C)[N-]C(C)(C)C.F[SiH](F)[c-]1cccc1.[Zr+4]. The molecule has 0 atom stereocenters. The first-order valence-electron chi connectivity index (χ1n) is 12.6. The zero-order valence-corrected chi connectivity index (χ0v) is 30.6. The van der Waals surface area contributed by atoms with E-state index >= 15 is 0 Å². The molecule has 0 saturated carbocycles. The van der Waals surface area contributed by atoms with Gasteiger partial charge in [-0.15, -0.1) is 38.4 Å². The Bertz CT molecular complexity index is 537. The quantitative estimate of drug-likeness (QED) is 0.174. The van der Waals surface area contributed by atoms with Gasteiger partial charge in [0, 0.05) is 0 Å². The van der Waals surface area contributed by atoms with Gasteiger partial charge in [0.05, 0.1) is 0 Å². The van der Waals surface area contributed by atoms with E-state index in [1.54, 1.807) is 12.1 Å². The summed E-state index contributed by atoms with van der Waals surface area (Å²) in [5.41, 5.74) is 0.656. The number of rotatable bonds is 1. The maximum absolute atomic E-state index is 11.7. The smallest absolute Gasteiger partial charge is 0.653 e. The molecule has 0 unspecified atom stereocenters. The molecule has 3 nitrogen and oxygen atoms in total. The van der Waals surface area contributed by atoms with Crippen LogP contribution in [-0.2, 0) is 26.2 Å². The van der Waals surface area contributed by atoms with Crippen LogP contribution in [0.2, 0.25) is 0 Å². The minimum Gasteiger partial charge on any atom is -0.653 e. The van der Waals surface area contributed by atoms with Crippen molar-refractivity contribution in [1.29, 1.82) is 0 Å². The fraction of sp³-hybridized carbons (Fsp3) is 0.828. The van der Waals surface area contributed by atoms with Crippen LogP contribution in [0.3, 0.4) is 0 Å². The molecule has 0 bridgehead atoms. The van der Waals surface area contributed by atoms with Crippen LogP contribution in [0.15, 0.2) is 24.3 Å². The van der Waals surface area contributed by atoms with Crippen molar-refractivity contribution in [2.75, 3.05) is 0 Å². The van der Waals surface area contributed by atoms with E-state index in [9.17, 15) is 8.22 Å². The third-order valence-corrected chi connectivity index (χ3v) is 3.84. The molecule has 1 aromatic carbocycles. The first kappa shape index (κ1) is 43.2. The number of hydrogen-bond donors (Lipinski definition) is 0. The van der Waals surface area contributed by atoms with Gasteiger partial charge in [0.1, 0.15) is 0 Å². The van der Waals surface area contributed by atoms with E-state index in [0.29, 0.717) is 0 Å². The van der Waals surface area contributed by atoms with Crippen molar-refractivity contribution in [2.24, 2.45) is 0 Å². The summed E-state index contributed by atoms with van der Waals surface area (Å²) >= 11 is 0. The summed E-state index contributed by atoms with van der Waals surface area (Å²) < 4.78 is 23.5. The Labute approximate surface area is 246 Å². The summed E-state index contributed by atoms with van der Waals surface area (Å²) in [6.45, 7) is 38.2. The molecular weight excluding hydrogens is 548 g/mol. The van der Waals surface area contributed by atoms with Crippen molar-refractivity contribution in [2.45, 2.75) is 158 Å². The van der Waals surface area contributed by atoms with Gasteiger partial charge in [0.25, 0.3) is 0 Å². The molecule has 1 aromatic rings. The molecule has 0 heterocycles. The maximum atomic E-state index is 11.7. The summed E-state index contributed by atoms with van der Waals surface area (Å²) in [5, 5.41) is 13.9. The molecule has 0 amide bonds. The van der Waals surface area contributed by atoms with Crippen LogP contribution in [0.5, 0.6) is 0 Å². The minimum atomic E-state index is -3.48. The summed E-state index contributed by atoms with van der Waals surface area (Å²) in [6, 6.07) is 6.21. The van der Waals surface area contributed by atoms with Crippen LogP contribution in [0.1, 0.15) is 125 Å². The molecule has 0 spiro atoms. The van der Waals surface area contributed by atoms with E-state index < -0.39 is 9.46 Å². The molecule has 212 valence electrons. The molecule has 1 rings (SSSR count). The molecular formula is C29H59F2N3SiZr. The van der Waals surface area contributed by atoms with Gasteiger partial charge in [-0.25, -0.2) is 12.1 Å². The Balaban J connectivity index is -0.000000188. The van der Waals surface area contributed by atoms with Crippen LogP contribution in [0.4, 0.5) is 8.22 Å². The summed E-state index contributed by atoms with van der Waals surface area (Å²) in [6.07, 6.45) is 0. The predicted octanol–water partition coefficient (Wildman–Crippen LogP) is 9.64. The van der Waals surface area contributed by atoms with Gasteiger partial charge in [-0.1, -0.05) is 125 Å². The second kappa shape index (κ2) is 17.0. The van der Waals surface area contributed by atoms with E-state index in [0.717, 1.165) is 0 Å². The third kappa shape index (κ3) is 44.2. The van der Waals surface area contributed by atoms with Crippen molar-refractivity contribution >= 4 is 14.7 Å². The van der Waals surface area contributed by atoms with E-state index in [-0.39, 0.29) is 64.6 Å². The molecule has 0 aliphatic carbocycles. The first-order valence-corrected chi connectivity index (χ1v) is 14.1. The topological polar surface area (TPSA) is 42.3 Å². The molecule has 0 aliphatic rings. The van der Waals surface area contributed by atoms with Gasteiger partial charge in [-0.05, 0) is 0 Å². The Morgan fingerprint density at radius 2 is 0.611 bits per heavy atom. The zero-order valence-electron chi connectivity index (χ0n) is 27.0. The maximum Gasteiger partial charge on any atom is 4.00 e.